The van der Waals surface area contributed by atoms with Gasteiger partial charge in [0.2, 0.25) is 10.0 Å². The number of ether oxygens (including phenoxy) is 2. The van der Waals surface area contributed by atoms with Crippen molar-refractivity contribution in [2.75, 3.05) is 40.8 Å². The first-order valence-electron chi connectivity index (χ1n) is 13.6. The lowest BCUT2D eigenvalue weighted by Gasteiger charge is -2.47. The Balaban J connectivity index is 1.77. The van der Waals surface area contributed by atoms with Crippen LogP contribution in [-0.4, -0.2) is 64.4 Å². The Morgan fingerprint density at radius 3 is 2.46 bits per heavy atom. The largest absolute Gasteiger partial charge is 0.497 e. The average Bonchev–Trinajstić information content (AvgIpc) is 2.94. The Morgan fingerprint density at radius 1 is 1.08 bits per heavy atom. The van der Waals surface area contributed by atoms with E-state index in [9.17, 15) is 13.2 Å². The number of piperidine rings is 1. The number of sulfonamides is 1. The van der Waals surface area contributed by atoms with Crippen LogP contribution < -0.4 is 4.74 Å². The minimum atomic E-state index is -3.76. The van der Waals surface area contributed by atoms with Gasteiger partial charge in [-0.15, -0.1) is 0 Å². The molecule has 0 aromatic heterocycles. The van der Waals surface area contributed by atoms with Crippen LogP contribution >= 0.6 is 0 Å². The second-order valence-corrected chi connectivity index (χ2v) is 11.3. The number of rotatable bonds is 9. The first kappa shape index (κ1) is 23.0. The number of esters is 1. The molecule has 0 radical (unpaired) electrons. The molecule has 1 aliphatic heterocycles. The molecule has 1 saturated heterocycles. The number of hydrogen-bond donors (Lipinski definition) is 0. The molecule has 8 heteroatoms. The second kappa shape index (κ2) is 11.5. The zero-order valence-corrected chi connectivity index (χ0v) is 21.9. The zero-order chi connectivity index (χ0) is 29.0. The molecule has 0 N–H and O–H groups in total. The summed E-state index contributed by atoms with van der Waals surface area (Å²) in [5.41, 5.74) is 0.283. The van der Waals surface area contributed by atoms with E-state index in [1.165, 1.54) is 23.4 Å². The average molecular weight is 526 g/mol. The minimum Gasteiger partial charge on any atom is -0.497 e. The fourth-order valence-corrected chi connectivity index (χ4v) is 6.48. The van der Waals surface area contributed by atoms with Gasteiger partial charge in [-0.25, -0.2) is 17.5 Å². The van der Waals surface area contributed by atoms with Crippen molar-refractivity contribution < 1.29 is 26.8 Å². The Kier molecular flexibility index (Phi) is 7.11. The van der Waals surface area contributed by atoms with Gasteiger partial charge in [0.05, 0.1) is 18.4 Å². The van der Waals surface area contributed by atoms with Crippen molar-refractivity contribution in [3.8, 4) is 5.75 Å². The Morgan fingerprint density at radius 2 is 1.78 bits per heavy atom. The van der Waals surface area contributed by atoms with E-state index in [-0.39, 0.29) is 31.8 Å². The number of benzene rings is 3. The van der Waals surface area contributed by atoms with Crippen molar-refractivity contribution in [1.82, 2.24) is 9.21 Å². The molecule has 3 aromatic carbocycles. The lowest BCUT2D eigenvalue weighted by molar-refractivity contribution is -0.0880. The fourth-order valence-electron chi connectivity index (χ4n) is 4.90. The summed E-state index contributed by atoms with van der Waals surface area (Å²) in [7, 11) is -0.771. The van der Waals surface area contributed by atoms with Gasteiger partial charge >= 0.3 is 5.97 Å². The van der Waals surface area contributed by atoms with Crippen LogP contribution in [0, 0.1) is 5.92 Å². The van der Waals surface area contributed by atoms with Gasteiger partial charge in [0.1, 0.15) is 11.4 Å². The minimum absolute atomic E-state index is 0.0329. The molecule has 7 nitrogen and oxygen atoms in total. The van der Waals surface area contributed by atoms with E-state index in [0.717, 1.165) is 0 Å². The van der Waals surface area contributed by atoms with Gasteiger partial charge in [-0.05, 0) is 49.4 Å². The third kappa shape index (κ3) is 6.21. The smallest absolute Gasteiger partial charge is 0.339 e. The molecule has 196 valence electrons. The van der Waals surface area contributed by atoms with E-state index < -0.39 is 34.5 Å². The van der Waals surface area contributed by atoms with Crippen LogP contribution in [0.2, 0.25) is 0 Å². The summed E-state index contributed by atoms with van der Waals surface area (Å²) in [6.45, 7) is -2.43. The van der Waals surface area contributed by atoms with Crippen LogP contribution in [0.3, 0.4) is 0 Å². The van der Waals surface area contributed by atoms with Crippen molar-refractivity contribution in [3.63, 3.8) is 0 Å². The van der Waals surface area contributed by atoms with E-state index in [1.54, 1.807) is 78.9 Å². The van der Waals surface area contributed by atoms with Gasteiger partial charge in [0.15, 0.2) is 0 Å². The van der Waals surface area contributed by atoms with E-state index >= 15 is 0 Å². The molecule has 1 fully saturated rings. The Bertz CT molecular complexity index is 1400. The summed E-state index contributed by atoms with van der Waals surface area (Å²) in [4.78, 5) is 14.7. The van der Waals surface area contributed by atoms with Gasteiger partial charge in [-0.3, -0.25) is 0 Å². The molecule has 4 rings (SSSR count). The van der Waals surface area contributed by atoms with E-state index in [0.29, 0.717) is 22.4 Å². The number of hydrogen-bond acceptors (Lipinski definition) is 6. The molecule has 0 amide bonds. The van der Waals surface area contributed by atoms with Crippen LogP contribution in [0.5, 0.6) is 5.75 Å². The second-order valence-electron chi connectivity index (χ2n) is 9.30. The standard InChI is InChI=1S/C29H34N2O5S/c1-30(2)20-26-21-31(37(33,34)22-23-11-6-4-7-12-23)18-17-29(26,25-15-10-16-27(19-25)35-3)36-28(32)24-13-8-5-9-14-24/h4-16,19,26H,17-18,20-22H2,1-3H3/t26-,29-/m1/s1/i1D3. The van der Waals surface area contributed by atoms with Gasteiger partial charge in [-0.1, -0.05) is 60.7 Å². The third-order valence-electron chi connectivity index (χ3n) is 6.74. The molecule has 0 aliphatic carbocycles. The van der Waals surface area contributed by atoms with Crippen molar-refractivity contribution in [3.05, 3.63) is 102 Å². The normalized spacial score (nSPS) is 22.0. The van der Waals surface area contributed by atoms with Crippen molar-refractivity contribution >= 4 is 16.0 Å². The predicted octanol–water partition coefficient (Wildman–Crippen LogP) is 4.16. The van der Waals surface area contributed by atoms with Gasteiger partial charge < -0.3 is 14.4 Å². The molecule has 0 unspecified atom stereocenters. The summed E-state index contributed by atoms with van der Waals surface area (Å²) in [5.74, 6) is -0.941. The summed E-state index contributed by atoms with van der Waals surface area (Å²) >= 11 is 0. The third-order valence-corrected chi connectivity index (χ3v) is 8.55. The molecule has 2 atom stereocenters. The van der Waals surface area contributed by atoms with Crippen LogP contribution in [0.1, 0.15) is 32.0 Å². The van der Waals surface area contributed by atoms with Crippen molar-refractivity contribution in [2.45, 2.75) is 17.8 Å². The zero-order valence-electron chi connectivity index (χ0n) is 24.0. The lowest BCUT2D eigenvalue weighted by atomic mass is 9.75. The Hall–Kier alpha value is -3.20. The maximum absolute atomic E-state index is 13.5. The molecular weight excluding hydrogens is 488 g/mol. The van der Waals surface area contributed by atoms with Crippen molar-refractivity contribution in [2.24, 2.45) is 5.92 Å². The molecule has 3 aromatic rings. The number of carbonyl (C=O) groups is 1. The molecule has 0 bridgehead atoms. The quantitative estimate of drug-likeness (QED) is 0.391. The summed E-state index contributed by atoms with van der Waals surface area (Å²) in [6.07, 6.45) is 0.131. The molecule has 0 saturated carbocycles. The van der Waals surface area contributed by atoms with E-state index in [4.69, 9.17) is 13.6 Å². The van der Waals surface area contributed by atoms with Crippen molar-refractivity contribution in [1.29, 1.82) is 0 Å². The highest BCUT2D eigenvalue weighted by Gasteiger charge is 2.50. The highest BCUT2D eigenvalue weighted by Crippen LogP contribution is 2.44. The lowest BCUT2D eigenvalue weighted by Crippen LogP contribution is -2.56. The van der Waals surface area contributed by atoms with Crippen LogP contribution in [0.15, 0.2) is 84.9 Å². The first-order chi connectivity index (χ1) is 18.9. The molecule has 37 heavy (non-hydrogen) atoms. The van der Waals surface area contributed by atoms with Gasteiger partial charge in [0.25, 0.3) is 0 Å². The van der Waals surface area contributed by atoms with Gasteiger partial charge in [-0.2, -0.15) is 0 Å². The van der Waals surface area contributed by atoms with E-state index in [2.05, 4.69) is 0 Å². The first-order valence-corrected chi connectivity index (χ1v) is 13.7. The summed E-state index contributed by atoms with van der Waals surface area (Å²) < 4.78 is 64.1. The molecule has 1 heterocycles. The molecule has 1 aliphatic rings. The molecule has 0 spiro atoms. The highest BCUT2D eigenvalue weighted by molar-refractivity contribution is 7.88. The predicted molar refractivity (Wildman–Crippen MR) is 144 cm³/mol. The van der Waals surface area contributed by atoms with E-state index in [1.807, 2.05) is 6.07 Å². The highest BCUT2D eigenvalue weighted by atomic mass is 32.2. The van der Waals surface area contributed by atoms with Crippen LogP contribution in [0.25, 0.3) is 0 Å². The van der Waals surface area contributed by atoms with Crippen LogP contribution in [-0.2, 0) is 26.1 Å². The van der Waals surface area contributed by atoms with Crippen LogP contribution in [0.4, 0.5) is 0 Å². The number of methoxy groups -OCH3 is 1. The number of carbonyl (C=O) groups excluding carboxylic acids is 1. The Labute approximate surface area is 223 Å². The SMILES string of the molecule is [2H]C([2H])([2H])N(C)C[C@@H]1CN(S(=O)(=O)Cc2ccccc2)CC[C@@]1(OC(=O)c1ccccc1)c1cccc(OC)c1. The number of nitrogens with zero attached hydrogens (tertiary/aromatic N) is 2. The summed E-state index contributed by atoms with van der Waals surface area (Å²) in [6, 6.07) is 24.5. The topological polar surface area (TPSA) is 76.2 Å². The maximum Gasteiger partial charge on any atom is 0.339 e. The summed E-state index contributed by atoms with van der Waals surface area (Å²) in [5, 5.41) is 0. The molecular formula is C29H34N2O5S. The maximum atomic E-state index is 13.5. The van der Waals surface area contributed by atoms with Gasteiger partial charge in [0, 0.05) is 36.1 Å². The monoisotopic (exact) mass is 525 g/mol. The fraction of sp³-hybridized carbons (Fsp3) is 0.345.